The Bertz CT molecular complexity index is 902. The van der Waals surface area contributed by atoms with Crippen LogP contribution in [0.15, 0.2) is 53.0 Å². The van der Waals surface area contributed by atoms with Gasteiger partial charge in [0.1, 0.15) is 5.82 Å². The van der Waals surface area contributed by atoms with Crippen molar-refractivity contribution in [3.63, 3.8) is 0 Å². The summed E-state index contributed by atoms with van der Waals surface area (Å²) < 4.78 is 3.34. The SMILES string of the molecule is CCCCCCn1c(CCCNC(=O)c2ccc(Br)cc2)nc2ccccc21. The van der Waals surface area contributed by atoms with Gasteiger partial charge in [-0.2, -0.15) is 0 Å². The molecule has 1 aromatic heterocycles. The molecular formula is C23H28BrN3O. The Balaban J connectivity index is 1.57. The van der Waals surface area contributed by atoms with Crippen molar-refractivity contribution >= 4 is 32.9 Å². The van der Waals surface area contributed by atoms with Crippen molar-refractivity contribution in [3.05, 3.63) is 64.4 Å². The third-order valence-corrected chi connectivity index (χ3v) is 5.47. The van der Waals surface area contributed by atoms with Gasteiger partial charge in [0.05, 0.1) is 11.0 Å². The van der Waals surface area contributed by atoms with Gasteiger partial charge in [-0.05, 0) is 49.2 Å². The Labute approximate surface area is 175 Å². The molecule has 1 amide bonds. The van der Waals surface area contributed by atoms with Crippen LogP contribution in [0.1, 0.15) is 55.2 Å². The second-order valence-corrected chi connectivity index (χ2v) is 8.01. The van der Waals surface area contributed by atoms with Gasteiger partial charge in [0.25, 0.3) is 5.91 Å². The maximum absolute atomic E-state index is 12.2. The molecule has 148 valence electrons. The summed E-state index contributed by atoms with van der Waals surface area (Å²) in [5, 5.41) is 3.01. The van der Waals surface area contributed by atoms with E-state index in [-0.39, 0.29) is 5.91 Å². The van der Waals surface area contributed by atoms with Crippen LogP contribution in [0.4, 0.5) is 0 Å². The molecule has 0 radical (unpaired) electrons. The third kappa shape index (κ3) is 5.44. The Morgan fingerprint density at radius 2 is 1.82 bits per heavy atom. The average molecular weight is 442 g/mol. The molecule has 1 N–H and O–H groups in total. The highest BCUT2D eigenvalue weighted by Crippen LogP contribution is 2.18. The standard InChI is InChI=1S/C23H28BrN3O/c1-2-3-4-7-17-27-21-10-6-5-9-20(21)26-22(27)11-8-16-25-23(28)18-12-14-19(24)15-13-18/h5-6,9-10,12-15H,2-4,7-8,11,16-17H2,1H3,(H,25,28). The van der Waals surface area contributed by atoms with E-state index >= 15 is 0 Å². The number of hydrogen-bond donors (Lipinski definition) is 1. The lowest BCUT2D eigenvalue weighted by Crippen LogP contribution is -2.25. The van der Waals surface area contributed by atoms with Gasteiger partial charge in [-0.1, -0.05) is 54.2 Å². The first kappa shape index (κ1) is 20.6. The molecule has 3 rings (SSSR count). The van der Waals surface area contributed by atoms with Crippen molar-refractivity contribution in [1.82, 2.24) is 14.9 Å². The molecule has 28 heavy (non-hydrogen) atoms. The number of hydrogen-bond acceptors (Lipinski definition) is 2. The quantitative estimate of drug-likeness (QED) is 0.407. The van der Waals surface area contributed by atoms with E-state index in [1.165, 1.54) is 31.2 Å². The first-order chi connectivity index (χ1) is 13.7. The van der Waals surface area contributed by atoms with E-state index in [0.717, 1.165) is 35.2 Å². The summed E-state index contributed by atoms with van der Waals surface area (Å²) in [5.41, 5.74) is 2.96. The predicted molar refractivity (Wildman–Crippen MR) is 119 cm³/mol. The number of rotatable bonds is 10. The predicted octanol–water partition coefficient (Wildman–Crippen LogP) is 5.74. The Morgan fingerprint density at radius 1 is 1.04 bits per heavy atom. The van der Waals surface area contributed by atoms with E-state index in [1.807, 2.05) is 30.3 Å². The molecule has 0 bridgehead atoms. The minimum absolute atomic E-state index is 0.0273. The van der Waals surface area contributed by atoms with Crippen molar-refractivity contribution in [2.45, 2.75) is 52.0 Å². The summed E-state index contributed by atoms with van der Waals surface area (Å²) >= 11 is 3.39. The Hall–Kier alpha value is -2.14. The fourth-order valence-electron chi connectivity index (χ4n) is 3.41. The van der Waals surface area contributed by atoms with Crippen LogP contribution in [0.25, 0.3) is 11.0 Å². The van der Waals surface area contributed by atoms with Crippen molar-refractivity contribution in [2.24, 2.45) is 0 Å². The van der Waals surface area contributed by atoms with Crippen LogP contribution in [-0.4, -0.2) is 22.0 Å². The summed E-state index contributed by atoms with van der Waals surface area (Å²) in [6.45, 7) is 3.90. The lowest BCUT2D eigenvalue weighted by Gasteiger charge is -2.10. The lowest BCUT2D eigenvalue weighted by molar-refractivity contribution is 0.0953. The van der Waals surface area contributed by atoms with E-state index in [1.54, 1.807) is 0 Å². The van der Waals surface area contributed by atoms with E-state index in [4.69, 9.17) is 4.98 Å². The average Bonchev–Trinajstić information content (AvgIpc) is 3.06. The number of imidazole rings is 1. The second kappa shape index (κ2) is 10.4. The highest BCUT2D eigenvalue weighted by Gasteiger charge is 2.10. The largest absolute Gasteiger partial charge is 0.352 e. The van der Waals surface area contributed by atoms with Crippen LogP contribution >= 0.6 is 15.9 Å². The van der Waals surface area contributed by atoms with Crippen LogP contribution in [0, 0.1) is 0 Å². The number of carbonyl (C=O) groups is 1. The first-order valence-corrected chi connectivity index (χ1v) is 11.0. The number of aryl methyl sites for hydroxylation is 2. The third-order valence-electron chi connectivity index (χ3n) is 4.94. The van der Waals surface area contributed by atoms with Crippen LogP contribution in [0.5, 0.6) is 0 Å². The summed E-state index contributed by atoms with van der Waals surface area (Å²) in [5.74, 6) is 1.09. The normalized spacial score (nSPS) is 11.1. The molecule has 0 fully saturated rings. The Morgan fingerprint density at radius 3 is 2.61 bits per heavy atom. The van der Waals surface area contributed by atoms with E-state index < -0.39 is 0 Å². The molecular weight excluding hydrogens is 414 g/mol. The van der Waals surface area contributed by atoms with Gasteiger partial charge in [0.15, 0.2) is 0 Å². The van der Waals surface area contributed by atoms with Crippen LogP contribution < -0.4 is 5.32 Å². The summed E-state index contributed by atoms with van der Waals surface area (Å²) in [6, 6.07) is 15.8. The van der Waals surface area contributed by atoms with Gasteiger partial charge >= 0.3 is 0 Å². The molecule has 0 saturated heterocycles. The molecule has 0 aliphatic rings. The van der Waals surface area contributed by atoms with Gasteiger partial charge in [-0.3, -0.25) is 4.79 Å². The fraction of sp³-hybridized carbons (Fsp3) is 0.391. The number of nitrogens with one attached hydrogen (secondary N) is 1. The molecule has 0 spiro atoms. The summed E-state index contributed by atoms with van der Waals surface area (Å²) in [4.78, 5) is 17.1. The van der Waals surface area contributed by atoms with Crippen molar-refractivity contribution in [3.8, 4) is 0 Å². The van der Waals surface area contributed by atoms with Crippen molar-refractivity contribution in [1.29, 1.82) is 0 Å². The molecule has 5 heteroatoms. The van der Waals surface area contributed by atoms with Gasteiger partial charge in [-0.25, -0.2) is 4.98 Å². The molecule has 2 aromatic carbocycles. The smallest absolute Gasteiger partial charge is 0.251 e. The molecule has 0 saturated carbocycles. The Kier molecular flexibility index (Phi) is 7.66. The number of benzene rings is 2. The van der Waals surface area contributed by atoms with Crippen molar-refractivity contribution in [2.75, 3.05) is 6.54 Å². The summed E-state index contributed by atoms with van der Waals surface area (Å²) in [7, 11) is 0. The number of amides is 1. The van der Waals surface area contributed by atoms with E-state index in [9.17, 15) is 4.79 Å². The molecule has 1 heterocycles. The zero-order valence-corrected chi connectivity index (χ0v) is 18.0. The zero-order valence-electron chi connectivity index (χ0n) is 16.5. The van der Waals surface area contributed by atoms with Crippen molar-refractivity contribution < 1.29 is 4.79 Å². The number of fused-ring (bicyclic) bond motifs is 1. The minimum atomic E-state index is -0.0273. The highest BCUT2D eigenvalue weighted by atomic mass is 79.9. The highest BCUT2D eigenvalue weighted by molar-refractivity contribution is 9.10. The number of carbonyl (C=O) groups excluding carboxylic acids is 1. The number of nitrogens with zero attached hydrogens (tertiary/aromatic N) is 2. The fourth-order valence-corrected chi connectivity index (χ4v) is 3.68. The van der Waals surface area contributed by atoms with E-state index in [0.29, 0.717) is 12.1 Å². The topological polar surface area (TPSA) is 46.9 Å². The van der Waals surface area contributed by atoms with Crippen LogP contribution in [0.2, 0.25) is 0 Å². The maximum atomic E-state index is 12.2. The lowest BCUT2D eigenvalue weighted by atomic mass is 10.2. The van der Waals surface area contributed by atoms with Gasteiger partial charge < -0.3 is 9.88 Å². The number of para-hydroxylation sites is 2. The molecule has 3 aromatic rings. The molecule has 0 aliphatic heterocycles. The van der Waals surface area contributed by atoms with Gasteiger partial charge in [-0.15, -0.1) is 0 Å². The van der Waals surface area contributed by atoms with E-state index in [2.05, 4.69) is 50.9 Å². The number of aromatic nitrogens is 2. The second-order valence-electron chi connectivity index (χ2n) is 7.10. The molecule has 4 nitrogen and oxygen atoms in total. The zero-order chi connectivity index (χ0) is 19.8. The molecule has 0 atom stereocenters. The number of unbranched alkanes of at least 4 members (excludes halogenated alkanes) is 3. The van der Waals surface area contributed by atoms with Gasteiger partial charge in [0.2, 0.25) is 0 Å². The molecule has 0 aliphatic carbocycles. The van der Waals surface area contributed by atoms with Crippen LogP contribution in [-0.2, 0) is 13.0 Å². The first-order valence-electron chi connectivity index (χ1n) is 10.2. The molecule has 0 unspecified atom stereocenters. The maximum Gasteiger partial charge on any atom is 0.251 e. The number of halogens is 1. The summed E-state index contributed by atoms with van der Waals surface area (Å²) in [6.07, 6.45) is 6.70. The van der Waals surface area contributed by atoms with Gasteiger partial charge in [0, 0.05) is 29.5 Å². The minimum Gasteiger partial charge on any atom is -0.352 e. The monoisotopic (exact) mass is 441 g/mol. The van der Waals surface area contributed by atoms with Crippen LogP contribution in [0.3, 0.4) is 0 Å².